The minimum absolute atomic E-state index is 0. The molecule has 0 amide bonds. The normalized spacial score (nSPS) is 12.5. The maximum absolute atomic E-state index is 12.1. The van der Waals surface area contributed by atoms with Gasteiger partial charge in [-0.15, -0.1) is 24.0 Å². The minimum atomic E-state index is -3.28. The molecule has 1 rings (SSSR count). The number of benzene rings is 1. The van der Waals surface area contributed by atoms with Gasteiger partial charge < -0.3 is 10.6 Å². The largest absolute Gasteiger partial charge is 0.357 e. The van der Waals surface area contributed by atoms with Gasteiger partial charge in [0, 0.05) is 12.1 Å². The highest BCUT2D eigenvalue weighted by Gasteiger charge is 2.14. The molecule has 0 saturated carbocycles. The molecule has 0 heterocycles. The third-order valence-corrected chi connectivity index (χ3v) is 4.28. The number of nitrogens with one attached hydrogen (secondary N) is 2. The van der Waals surface area contributed by atoms with Crippen molar-refractivity contribution in [2.75, 3.05) is 18.8 Å². The minimum Gasteiger partial charge on any atom is -0.357 e. The van der Waals surface area contributed by atoms with Crippen LogP contribution >= 0.6 is 24.0 Å². The molecule has 0 radical (unpaired) electrons. The lowest BCUT2D eigenvalue weighted by molar-refractivity contribution is 0.502. The van der Waals surface area contributed by atoms with Crippen LogP contribution in [0, 0.1) is 0 Å². The second kappa shape index (κ2) is 9.34. The van der Waals surface area contributed by atoms with Gasteiger partial charge in [0.05, 0.1) is 17.2 Å². The third kappa shape index (κ3) is 7.98. The van der Waals surface area contributed by atoms with Gasteiger partial charge >= 0.3 is 0 Å². The van der Waals surface area contributed by atoms with Crippen molar-refractivity contribution >= 4 is 39.8 Å². The molecule has 0 aliphatic rings. The highest BCUT2D eigenvalue weighted by atomic mass is 127. The van der Waals surface area contributed by atoms with Crippen molar-refractivity contribution in [2.45, 2.75) is 38.1 Å². The van der Waals surface area contributed by atoms with Crippen LogP contribution in [0.2, 0.25) is 0 Å². The summed E-state index contributed by atoms with van der Waals surface area (Å²) in [5.74, 6) is 0.630. The number of sulfone groups is 1. The van der Waals surface area contributed by atoms with E-state index in [-0.39, 0.29) is 41.8 Å². The van der Waals surface area contributed by atoms with E-state index in [0.29, 0.717) is 10.9 Å². The Balaban J connectivity index is 0.00000441. The van der Waals surface area contributed by atoms with Gasteiger partial charge in [0.15, 0.2) is 15.8 Å². The van der Waals surface area contributed by atoms with Crippen LogP contribution in [0.5, 0.6) is 0 Å². The van der Waals surface area contributed by atoms with Crippen molar-refractivity contribution in [2.24, 2.45) is 4.99 Å². The van der Waals surface area contributed by atoms with E-state index in [4.69, 9.17) is 0 Å². The summed E-state index contributed by atoms with van der Waals surface area (Å²) in [5, 5.41) is 6.34. The number of nitrogens with zero attached hydrogens (tertiary/aromatic N) is 1. The highest BCUT2D eigenvalue weighted by molar-refractivity contribution is 14.0. The maximum atomic E-state index is 12.1. The predicted octanol–water partition coefficient (Wildman–Crippen LogP) is 2.43. The monoisotopic (exact) mass is 439 g/mol. The number of guanidine groups is 1. The molecule has 2 N–H and O–H groups in total. The maximum Gasteiger partial charge on any atom is 0.191 e. The fourth-order valence-electron chi connectivity index (χ4n) is 1.69. The lowest BCUT2D eigenvalue weighted by Gasteiger charge is -2.23. The van der Waals surface area contributed by atoms with Crippen molar-refractivity contribution in [1.82, 2.24) is 10.6 Å². The number of halogens is 1. The molecular formula is C15H26IN3O2S. The van der Waals surface area contributed by atoms with Crippen molar-refractivity contribution in [1.29, 1.82) is 0 Å². The average Bonchev–Trinajstić information content (AvgIpc) is 2.38. The van der Waals surface area contributed by atoms with E-state index in [9.17, 15) is 8.42 Å². The smallest absolute Gasteiger partial charge is 0.191 e. The lowest BCUT2D eigenvalue weighted by atomic mass is 10.1. The quantitative estimate of drug-likeness (QED) is 0.420. The first kappa shape index (κ1) is 21.2. The second-order valence-corrected chi connectivity index (χ2v) is 7.88. The SMILES string of the molecule is CCNC(=NCCS(=O)(=O)c1ccccc1)NC(C)(C)C.I. The zero-order chi connectivity index (χ0) is 15.9. The molecule has 126 valence electrons. The van der Waals surface area contributed by atoms with Crippen LogP contribution in [0.15, 0.2) is 40.2 Å². The molecule has 0 aromatic heterocycles. The van der Waals surface area contributed by atoms with Gasteiger partial charge in [-0.3, -0.25) is 4.99 Å². The molecule has 22 heavy (non-hydrogen) atoms. The van der Waals surface area contributed by atoms with Gasteiger partial charge in [0.2, 0.25) is 0 Å². The highest BCUT2D eigenvalue weighted by Crippen LogP contribution is 2.09. The number of rotatable bonds is 5. The summed E-state index contributed by atoms with van der Waals surface area (Å²) in [5.41, 5.74) is -0.126. The molecule has 0 saturated heterocycles. The van der Waals surface area contributed by atoms with E-state index in [1.54, 1.807) is 30.3 Å². The Bertz CT molecular complexity index is 566. The Kier molecular flexibility index (Phi) is 8.99. The van der Waals surface area contributed by atoms with Crippen molar-refractivity contribution in [3.05, 3.63) is 30.3 Å². The van der Waals surface area contributed by atoms with Crippen LogP contribution in [-0.4, -0.2) is 38.8 Å². The molecule has 7 heteroatoms. The molecule has 0 atom stereocenters. The molecule has 5 nitrogen and oxygen atoms in total. The van der Waals surface area contributed by atoms with Crippen molar-refractivity contribution < 1.29 is 8.42 Å². The van der Waals surface area contributed by atoms with Gasteiger partial charge in [0.25, 0.3) is 0 Å². The van der Waals surface area contributed by atoms with Crippen molar-refractivity contribution in [3.63, 3.8) is 0 Å². The zero-order valence-corrected chi connectivity index (χ0v) is 16.7. The Labute approximate surface area is 150 Å². The molecular weight excluding hydrogens is 413 g/mol. The predicted molar refractivity (Wildman–Crippen MR) is 103 cm³/mol. The standard InChI is InChI=1S/C15H25N3O2S.HI/c1-5-16-14(18-15(2,3)4)17-11-12-21(19,20)13-9-7-6-8-10-13;/h6-10H,5,11-12H2,1-4H3,(H2,16,17,18);1H. The average molecular weight is 439 g/mol. The number of aliphatic imine (C=N–C) groups is 1. The van der Waals surface area contributed by atoms with E-state index < -0.39 is 9.84 Å². The third-order valence-electron chi connectivity index (χ3n) is 2.57. The Hall–Kier alpha value is -0.830. The lowest BCUT2D eigenvalue weighted by Crippen LogP contribution is -2.47. The summed E-state index contributed by atoms with van der Waals surface area (Å²) < 4.78 is 24.3. The van der Waals surface area contributed by atoms with Crippen LogP contribution in [0.25, 0.3) is 0 Å². The Morgan fingerprint density at radius 2 is 1.77 bits per heavy atom. The fourth-order valence-corrected chi connectivity index (χ4v) is 2.82. The van der Waals surface area contributed by atoms with Crippen molar-refractivity contribution in [3.8, 4) is 0 Å². The summed E-state index contributed by atoms with van der Waals surface area (Å²) >= 11 is 0. The fraction of sp³-hybridized carbons (Fsp3) is 0.533. The summed E-state index contributed by atoms with van der Waals surface area (Å²) in [6.07, 6.45) is 0. The van der Waals surface area contributed by atoms with E-state index in [2.05, 4.69) is 15.6 Å². The van der Waals surface area contributed by atoms with Crippen LogP contribution in [-0.2, 0) is 9.84 Å². The van der Waals surface area contributed by atoms with Gasteiger partial charge in [-0.1, -0.05) is 18.2 Å². The molecule has 1 aromatic carbocycles. The first-order valence-electron chi connectivity index (χ1n) is 7.09. The zero-order valence-electron chi connectivity index (χ0n) is 13.6. The topological polar surface area (TPSA) is 70.6 Å². The Morgan fingerprint density at radius 1 is 1.18 bits per heavy atom. The summed E-state index contributed by atoms with van der Waals surface area (Å²) in [6.45, 7) is 9.01. The first-order chi connectivity index (χ1) is 9.74. The van der Waals surface area contributed by atoms with Crippen LogP contribution in [0.3, 0.4) is 0 Å². The molecule has 0 fully saturated rings. The summed E-state index contributed by atoms with van der Waals surface area (Å²) in [6, 6.07) is 8.46. The second-order valence-electron chi connectivity index (χ2n) is 5.77. The van der Waals surface area contributed by atoms with E-state index in [1.807, 2.05) is 27.7 Å². The summed E-state index contributed by atoms with van der Waals surface area (Å²) in [7, 11) is -3.28. The molecule has 0 unspecified atom stereocenters. The van der Waals surface area contributed by atoms with Gasteiger partial charge in [-0.25, -0.2) is 8.42 Å². The van der Waals surface area contributed by atoms with Crippen LogP contribution in [0.4, 0.5) is 0 Å². The molecule has 0 spiro atoms. The van der Waals surface area contributed by atoms with Gasteiger partial charge in [0.1, 0.15) is 0 Å². The first-order valence-corrected chi connectivity index (χ1v) is 8.74. The molecule has 0 bridgehead atoms. The van der Waals surface area contributed by atoms with E-state index in [1.165, 1.54) is 0 Å². The van der Waals surface area contributed by atoms with Crippen LogP contribution in [0.1, 0.15) is 27.7 Å². The van der Waals surface area contributed by atoms with Gasteiger partial charge in [-0.2, -0.15) is 0 Å². The summed E-state index contributed by atoms with van der Waals surface area (Å²) in [4.78, 5) is 4.67. The van der Waals surface area contributed by atoms with E-state index >= 15 is 0 Å². The molecule has 0 aliphatic heterocycles. The molecule has 1 aromatic rings. The Morgan fingerprint density at radius 3 is 2.27 bits per heavy atom. The van der Waals surface area contributed by atoms with Gasteiger partial charge in [-0.05, 0) is 39.8 Å². The molecule has 0 aliphatic carbocycles. The van der Waals surface area contributed by atoms with E-state index in [0.717, 1.165) is 6.54 Å². The number of hydrogen-bond acceptors (Lipinski definition) is 3. The number of hydrogen-bond donors (Lipinski definition) is 2. The van der Waals surface area contributed by atoms with Crippen LogP contribution < -0.4 is 10.6 Å².